The smallest absolute Gasteiger partial charge is 0.178 e. The molecular weight excluding hydrogens is 396 g/mol. The van der Waals surface area contributed by atoms with E-state index in [1.807, 2.05) is 36.4 Å². The van der Waals surface area contributed by atoms with Gasteiger partial charge in [-0.15, -0.1) is 0 Å². The summed E-state index contributed by atoms with van der Waals surface area (Å²) in [5.74, 6) is 0.472. The number of carbonyl (C=O) groups is 1. The maximum absolute atomic E-state index is 13.0. The van der Waals surface area contributed by atoms with E-state index in [0.717, 1.165) is 11.4 Å². The second-order valence-electron chi connectivity index (χ2n) is 9.75. The predicted octanol–water partition coefficient (Wildman–Crippen LogP) is 4.08. The standard InChI is InChI=1S/C24H34N2O3S/c1-17-13-22(18(2)26(17)21-11-12-30(28,29)16-21)23(27)15-25(6)14-19-7-9-20(10-8-19)24(3,4)5/h7-10,13,21H,11-12,14-16H2,1-6H3. The first-order chi connectivity index (χ1) is 13.9. The minimum Gasteiger partial charge on any atom is -0.344 e. The van der Waals surface area contributed by atoms with E-state index in [0.29, 0.717) is 25.1 Å². The summed E-state index contributed by atoms with van der Waals surface area (Å²) in [5, 5.41) is 0. The van der Waals surface area contributed by atoms with E-state index in [9.17, 15) is 13.2 Å². The first-order valence-electron chi connectivity index (χ1n) is 10.6. The van der Waals surface area contributed by atoms with Crippen molar-refractivity contribution in [3.05, 3.63) is 58.4 Å². The Labute approximate surface area is 181 Å². The number of aryl methyl sites for hydroxylation is 1. The quantitative estimate of drug-likeness (QED) is 0.648. The van der Waals surface area contributed by atoms with Gasteiger partial charge in [-0.05, 0) is 49.9 Å². The minimum absolute atomic E-state index is 0.0596. The van der Waals surface area contributed by atoms with Gasteiger partial charge in [0.05, 0.1) is 18.1 Å². The Kier molecular flexibility index (Phi) is 6.30. The van der Waals surface area contributed by atoms with Gasteiger partial charge in [-0.25, -0.2) is 8.42 Å². The number of hydrogen-bond donors (Lipinski definition) is 0. The molecule has 2 aromatic rings. The van der Waals surface area contributed by atoms with Gasteiger partial charge in [0.2, 0.25) is 0 Å². The molecule has 6 heteroatoms. The monoisotopic (exact) mass is 430 g/mol. The second kappa shape index (κ2) is 8.31. The summed E-state index contributed by atoms with van der Waals surface area (Å²) >= 11 is 0. The Morgan fingerprint density at radius 1 is 1.17 bits per heavy atom. The summed E-state index contributed by atoms with van der Waals surface area (Å²) in [7, 11) is -1.01. The Morgan fingerprint density at radius 2 is 1.80 bits per heavy atom. The van der Waals surface area contributed by atoms with Crippen LogP contribution in [0.2, 0.25) is 0 Å². The van der Waals surface area contributed by atoms with Crippen molar-refractivity contribution in [2.75, 3.05) is 25.1 Å². The molecule has 0 bridgehead atoms. The van der Waals surface area contributed by atoms with Crippen LogP contribution in [0.3, 0.4) is 0 Å². The van der Waals surface area contributed by atoms with Crippen LogP contribution in [-0.2, 0) is 21.8 Å². The molecule has 5 nitrogen and oxygen atoms in total. The molecule has 0 radical (unpaired) electrons. The average molecular weight is 431 g/mol. The van der Waals surface area contributed by atoms with Gasteiger partial charge in [0.25, 0.3) is 0 Å². The molecule has 164 valence electrons. The first-order valence-corrected chi connectivity index (χ1v) is 12.4. The van der Waals surface area contributed by atoms with Crippen LogP contribution in [0.4, 0.5) is 0 Å². The highest BCUT2D eigenvalue weighted by Gasteiger charge is 2.31. The Balaban J connectivity index is 1.68. The summed E-state index contributed by atoms with van der Waals surface area (Å²) in [5.41, 5.74) is 5.14. The maximum atomic E-state index is 13.0. The molecule has 1 aliphatic heterocycles. The zero-order valence-electron chi connectivity index (χ0n) is 19.0. The molecule has 1 saturated heterocycles. The first kappa shape index (κ1) is 22.8. The van der Waals surface area contributed by atoms with Gasteiger partial charge in [0.15, 0.2) is 15.6 Å². The fourth-order valence-corrected chi connectivity index (χ4v) is 6.11. The number of carbonyl (C=O) groups excluding carboxylic acids is 1. The third kappa shape index (κ3) is 5.03. The van der Waals surface area contributed by atoms with Crippen molar-refractivity contribution in [1.82, 2.24) is 9.47 Å². The molecule has 0 aliphatic carbocycles. The molecule has 2 heterocycles. The summed E-state index contributed by atoms with van der Waals surface area (Å²) in [6, 6.07) is 10.4. The third-order valence-electron chi connectivity index (χ3n) is 6.04. The predicted molar refractivity (Wildman–Crippen MR) is 122 cm³/mol. The fourth-order valence-electron chi connectivity index (χ4n) is 4.41. The molecule has 1 fully saturated rings. The lowest BCUT2D eigenvalue weighted by molar-refractivity contribution is 0.0942. The van der Waals surface area contributed by atoms with Crippen LogP contribution < -0.4 is 0 Å². The average Bonchev–Trinajstić information content (AvgIpc) is 3.12. The van der Waals surface area contributed by atoms with Gasteiger partial charge in [-0.3, -0.25) is 9.69 Å². The Bertz CT molecular complexity index is 1030. The van der Waals surface area contributed by atoms with E-state index in [4.69, 9.17) is 0 Å². The van der Waals surface area contributed by atoms with Crippen LogP contribution in [0.25, 0.3) is 0 Å². The molecule has 0 N–H and O–H groups in total. The van der Waals surface area contributed by atoms with Gasteiger partial charge >= 0.3 is 0 Å². The van der Waals surface area contributed by atoms with Crippen LogP contribution in [-0.4, -0.2) is 48.8 Å². The lowest BCUT2D eigenvalue weighted by Crippen LogP contribution is -2.26. The molecular formula is C24H34N2O3S. The van der Waals surface area contributed by atoms with Crippen LogP contribution in [0.5, 0.6) is 0 Å². The van der Waals surface area contributed by atoms with E-state index < -0.39 is 9.84 Å². The van der Waals surface area contributed by atoms with Crippen LogP contribution >= 0.6 is 0 Å². The molecule has 0 saturated carbocycles. The van der Waals surface area contributed by atoms with Crippen LogP contribution in [0.1, 0.15) is 66.1 Å². The number of sulfone groups is 1. The largest absolute Gasteiger partial charge is 0.344 e. The number of ketones is 1. The minimum atomic E-state index is -2.97. The summed E-state index contributed by atoms with van der Waals surface area (Å²) in [4.78, 5) is 15.0. The summed E-state index contributed by atoms with van der Waals surface area (Å²) in [6.07, 6.45) is 0.622. The second-order valence-corrected chi connectivity index (χ2v) is 12.0. The van der Waals surface area contributed by atoms with Crippen molar-refractivity contribution in [2.45, 2.75) is 59.0 Å². The SMILES string of the molecule is Cc1cc(C(=O)CN(C)Cc2ccc(C(C)(C)C)cc2)c(C)n1C1CCS(=O)(=O)C1. The fraction of sp³-hybridized carbons (Fsp3) is 0.542. The summed E-state index contributed by atoms with van der Waals surface area (Å²) < 4.78 is 25.8. The van der Waals surface area contributed by atoms with Crippen molar-refractivity contribution in [3.63, 3.8) is 0 Å². The highest BCUT2D eigenvalue weighted by Crippen LogP contribution is 2.29. The number of Topliss-reactive ketones (excluding diaryl/α,β-unsaturated/α-hetero) is 1. The number of rotatable bonds is 6. The number of aromatic nitrogens is 1. The van der Waals surface area contributed by atoms with E-state index in [2.05, 4.69) is 45.0 Å². The van der Waals surface area contributed by atoms with E-state index >= 15 is 0 Å². The van der Waals surface area contributed by atoms with Gasteiger partial charge in [-0.1, -0.05) is 45.0 Å². The van der Waals surface area contributed by atoms with Crippen molar-refractivity contribution >= 4 is 15.6 Å². The van der Waals surface area contributed by atoms with Crippen molar-refractivity contribution < 1.29 is 13.2 Å². The lowest BCUT2D eigenvalue weighted by atomic mass is 9.87. The van der Waals surface area contributed by atoms with Gasteiger partial charge < -0.3 is 4.57 Å². The maximum Gasteiger partial charge on any atom is 0.178 e. The van der Waals surface area contributed by atoms with Crippen LogP contribution in [0, 0.1) is 13.8 Å². The number of hydrogen-bond acceptors (Lipinski definition) is 4. The van der Waals surface area contributed by atoms with E-state index in [1.54, 1.807) is 0 Å². The van der Waals surface area contributed by atoms with E-state index in [1.165, 1.54) is 11.1 Å². The molecule has 0 spiro atoms. The molecule has 1 unspecified atom stereocenters. The molecule has 1 atom stereocenters. The van der Waals surface area contributed by atoms with E-state index in [-0.39, 0.29) is 28.7 Å². The number of nitrogens with zero attached hydrogens (tertiary/aromatic N) is 2. The molecule has 1 aliphatic rings. The topological polar surface area (TPSA) is 59.4 Å². The van der Waals surface area contributed by atoms with Crippen molar-refractivity contribution in [1.29, 1.82) is 0 Å². The normalized spacial score (nSPS) is 18.8. The molecule has 3 rings (SSSR count). The van der Waals surface area contributed by atoms with Crippen molar-refractivity contribution in [3.8, 4) is 0 Å². The summed E-state index contributed by atoms with van der Waals surface area (Å²) in [6.45, 7) is 11.5. The van der Waals surface area contributed by atoms with Gasteiger partial charge in [-0.2, -0.15) is 0 Å². The third-order valence-corrected chi connectivity index (χ3v) is 7.79. The van der Waals surface area contributed by atoms with Crippen LogP contribution in [0.15, 0.2) is 30.3 Å². The van der Waals surface area contributed by atoms with Gasteiger partial charge in [0, 0.05) is 29.5 Å². The lowest BCUT2D eigenvalue weighted by Gasteiger charge is -2.20. The highest BCUT2D eigenvalue weighted by molar-refractivity contribution is 7.91. The number of benzene rings is 1. The van der Waals surface area contributed by atoms with Crippen molar-refractivity contribution in [2.24, 2.45) is 0 Å². The molecule has 30 heavy (non-hydrogen) atoms. The zero-order valence-corrected chi connectivity index (χ0v) is 19.8. The van der Waals surface area contributed by atoms with Gasteiger partial charge in [0.1, 0.15) is 0 Å². The zero-order chi connectivity index (χ0) is 22.3. The molecule has 1 aromatic carbocycles. The molecule has 0 amide bonds. The molecule has 1 aromatic heterocycles. The highest BCUT2D eigenvalue weighted by atomic mass is 32.2. The Morgan fingerprint density at radius 3 is 2.33 bits per heavy atom. The Hall–Kier alpha value is -1.92. The number of likely N-dealkylation sites (N-methyl/N-ethyl adjacent to an activating group) is 1.